The molecular weight excluding hydrogens is 415 g/mol. The molecule has 1 atom stereocenters. The smallest absolute Gasteiger partial charge is 0.188 e. The molecule has 0 amide bonds. The first-order valence-electron chi connectivity index (χ1n) is 6.91. The highest BCUT2D eigenvalue weighted by Crippen LogP contribution is 2.22. The number of nitrogens with zero attached hydrogens (tertiary/aromatic N) is 1. The summed E-state index contributed by atoms with van der Waals surface area (Å²) in [5.74, 6) is 0.442. The van der Waals surface area contributed by atoms with Crippen molar-refractivity contribution < 1.29 is 4.74 Å². The van der Waals surface area contributed by atoms with Gasteiger partial charge in [-0.1, -0.05) is 11.6 Å². The van der Waals surface area contributed by atoms with E-state index in [0.29, 0.717) is 19.1 Å². The minimum Gasteiger partial charge on any atom is -0.383 e. The summed E-state index contributed by atoms with van der Waals surface area (Å²) >= 11 is 6.04. The van der Waals surface area contributed by atoms with Gasteiger partial charge < -0.3 is 20.8 Å². The van der Waals surface area contributed by atoms with Gasteiger partial charge in [-0.2, -0.15) is 0 Å². The molecule has 1 aromatic carbocycles. The van der Waals surface area contributed by atoms with Crippen molar-refractivity contribution in [3.8, 4) is 0 Å². The number of ether oxygens (including phenoxy) is 1. The van der Waals surface area contributed by atoms with Gasteiger partial charge in [-0.15, -0.1) is 24.0 Å². The van der Waals surface area contributed by atoms with E-state index in [2.05, 4.69) is 15.3 Å². The van der Waals surface area contributed by atoms with Gasteiger partial charge in [0.2, 0.25) is 0 Å². The number of hydrogen-bond donors (Lipinski definition) is 3. The molecule has 0 aliphatic heterocycles. The zero-order valence-corrected chi connectivity index (χ0v) is 15.8. The van der Waals surface area contributed by atoms with Gasteiger partial charge in [0.1, 0.15) is 0 Å². The van der Waals surface area contributed by atoms with Crippen molar-refractivity contribution in [1.29, 1.82) is 0 Å². The van der Waals surface area contributed by atoms with Gasteiger partial charge in [0.15, 0.2) is 5.96 Å². The lowest BCUT2D eigenvalue weighted by atomic mass is 10.1. The van der Waals surface area contributed by atoms with Crippen molar-refractivity contribution in [3.63, 3.8) is 0 Å². The number of H-pyrrole nitrogens is 1. The summed E-state index contributed by atoms with van der Waals surface area (Å²) in [5, 5.41) is 4.95. The maximum Gasteiger partial charge on any atom is 0.188 e. The van der Waals surface area contributed by atoms with Crippen LogP contribution in [0.5, 0.6) is 0 Å². The van der Waals surface area contributed by atoms with E-state index in [0.717, 1.165) is 22.3 Å². The lowest BCUT2D eigenvalue weighted by molar-refractivity contribution is 0.179. The van der Waals surface area contributed by atoms with E-state index in [4.69, 9.17) is 22.1 Å². The Morgan fingerprint density at radius 3 is 3.00 bits per heavy atom. The molecule has 2 aromatic rings. The number of halogens is 2. The predicted octanol–water partition coefficient (Wildman–Crippen LogP) is 2.92. The third kappa shape index (κ3) is 5.33. The average Bonchev–Trinajstić information content (AvgIpc) is 2.81. The van der Waals surface area contributed by atoms with Crippen LogP contribution < -0.4 is 11.1 Å². The number of aromatic amines is 1. The Bertz CT molecular complexity index is 629. The second-order valence-corrected chi connectivity index (χ2v) is 5.46. The SMILES string of the molecule is COCC(C)NC(N)=NCCc1c[nH]c2ccc(Cl)cc12.I. The molecule has 1 heterocycles. The number of hydrogen-bond acceptors (Lipinski definition) is 2. The number of fused-ring (bicyclic) bond motifs is 1. The maximum absolute atomic E-state index is 6.04. The first-order valence-corrected chi connectivity index (χ1v) is 7.29. The Morgan fingerprint density at radius 2 is 2.27 bits per heavy atom. The normalized spacial score (nSPS) is 13.0. The average molecular weight is 437 g/mol. The van der Waals surface area contributed by atoms with Crippen LogP contribution >= 0.6 is 35.6 Å². The first-order chi connectivity index (χ1) is 10.1. The third-order valence-corrected chi connectivity index (χ3v) is 3.44. The first kappa shape index (κ1) is 19.1. The van der Waals surface area contributed by atoms with Gasteiger partial charge in [-0.05, 0) is 37.1 Å². The molecule has 1 aromatic heterocycles. The molecule has 0 bridgehead atoms. The molecule has 5 nitrogen and oxygen atoms in total. The van der Waals surface area contributed by atoms with Gasteiger partial charge in [0.05, 0.1) is 6.61 Å². The molecule has 0 saturated heterocycles. The van der Waals surface area contributed by atoms with Gasteiger partial charge >= 0.3 is 0 Å². The number of nitrogens with two attached hydrogens (primary N) is 1. The molecule has 122 valence electrons. The molecule has 4 N–H and O–H groups in total. The predicted molar refractivity (Wildman–Crippen MR) is 103 cm³/mol. The molecule has 0 fully saturated rings. The van der Waals surface area contributed by atoms with Crippen molar-refractivity contribution in [2.75, 3.05) is 20.3 Å². The number of methoxy groups -OCH3 is 1. The number of guanidine groups is 1. The Labute approximate surface area is 152 Å². The number of nitrogens with one attached hydrogen (secondary N) is 2. The van der Waals surface area contributed by atoms with Gasteiger partial charge in [-0.3, -0.25) is 4.99 Å². The van der Waals surface area contributed by atoms with E-state index >= 15 is 0 Å². The minimum atomic E-state index is 0. The standard InChI is InChI=1S/C15H21ClN4O.HI/c1-10(9-21-2)20-15(17)18-6-5-11-8-19-14-4-3-12(16)7-13(11)14;/h3-4,7-8,10,19H,5-6,9H2,1-2H3,(H3,17,18,20);1H. The maximum atomic E-state index is 6.04. The Balaban J connectivity index is 0.00000242. The fraction of sp³-hybridized carbons (Fsp3) is 0.400. The summed E-state index contributed by atoms with van der Waals surface area (Å²) in [6.07, 6.45) is 2.80. The molecule has 0 saturated carbocycles. The summed E-state index contributed by atoms with van der Waals surface area (Å²) in [6, 6.07) is 5.97. The summed E-state index contributed by atoms with van der Waals surface area (Å²) in [5.41, 5.74) is 8.11. The van der Waals surface area contributed by atoms with E-state index in [1.165, 1.54) is 5.56 Å². The monoisotopic (exact) mass is 436 g/mol. The van der Waals surface area contributed by atoms with E-state index in [-0.39, 0.29) is 30.0 Å². The van der Waals surface area contributed by atoms with Crippen LogP contribution in [0.1, 0.15) is 12.5 Å². The summed E-state index contributed by atoms with van der Waals surface area (Å²) < 4.78 is 5.04. The topological polar surface area (TPSA) is 75.4 Å². The second-order valence-electron chi connectivity index (χ2n) is 5.02. The number of rotatable bonds is 6. The molecule has 2 rings (SSSR count). The zero-order valence-electron chi connectivity index (χ0n) is 12.7. The number of aliphatic imine (C=N–C) groups is 1. The van der Waals surface area contributed by atoms with Crippen LogP contribution in [-0.4, -0.2) is 37.2 Å². The molecule has 22 heavy (non-hydrogen) atoms. The van der Waals surface area contributed by atoms with E-state index in [9.17, 15) is 0 Å². The van der Waals surface area contributed by atoms with Crippen LogP contribution in [0.25, 0.3) is 10.9 Å². The third-order valence-electron chi connectivity index (χ3n) is 3.20. The van der Waals surface area contributed by atoms with Crippen LogP contribution in [0.15, 0.2) is 29.4 Å². The van der Waals surface area contributed by atoms with E-state index in [1.54, 1.807) is 7.11 Å². The Hall–Kier alpha value is -0.990. The van der Waals surface area contributed by atoms with Crippen LogP contribution in [0, 0.1) is 0 Å². The Morgan fingerprint density at radius 1 is 1.50 bits per heavy atom. The Kier molecular flexibility index (Phi) is 7.98. The molecular formula is C15H22ClIN4O. The molecule has 7 heteroatoms. The van der Waals surface area contributed by atoms with Crippen molar-refractivity contribution in [2.24, 2.45) is 10.7 Å². The van der Waals surface area contributed by atoms with Gasteiger partial charge in [0.25, 0.3) is 0 Å². The lowest BCUT2D eigenvalue weighted by Crippen LogP contribution is -2.40. The molecule has 1 unspecified atom stereocenters. The number of aromatic nitrogens is 1. The fourth-order valence-electron chi connectivity index (χ4n) is 2.24. The molecule has 0 radical (unpaired) electrons. The van der Waals surface area contributed by atoms with Crippen LogP contribution in [0.2, 0.25) is 5.02 Å². The highest BCUT2D eigenvalue weighted by atomic mass is 127. The van der Waals surface area contributed by atoms with Crippen LogP contribution in [-0.2, 0) is 11.2 Å². The minimum absolute atomic E-state index is 0. The summed E-state index contributed by atoms with van der Waals surface area (Å²) in [6.45, 7) is 3.21. The summed E-state index contributed by atoms with van der Waals surface area (Å²) in [4.78, 5) is 7.56. The van der Waals surface area contributed by atoms with Gasteiger partial charge in [-0.25, -0.2) is 0 Å². The van der Waals surface area contributed by atoms with E-state index < -0.39 is 0 Å². The zero-order chi connectivity index (χ0) is 15.2. The highest BCUT2D eigenvalue weighted by Gasteiger charge is 2.05. The van der Waals surface area contributed by atoms with E-state index in [1.807, 2.05) is 31.3 Å². The van der Waals surface area contributed by atoms with Crippen LogP contribution in [0.3, 0.4) is 0 Å². The van der Waals surface area contributed by atoms with Crippen molar-refractivity contribution >= 4 is 52.4 Å². The molecule has 0 aliphatic rings. The van der Waals surface area contributed by atoms with Crippen LogP contribution in [0.4, 0.5) is 0 Å². The number of benzene rings is 1. The van der Waals surface area contributed by atoms with Crippen molar-refractivity contribution in [1.82, 2.24) is 10.3 Å². The van der Waals surface area contributed by atoms with Crippen molar-refractivity contribution in [2.45, 2.75) is 19.4 Å². The lowest BCUT2D eigenvalue weighted by Gasteiger charge is -2.12. The summed E-state index contributed by atoms with van der Waals surface area (Å²) in [7, 11) is 1.66. The van der Waals surface area contributed by atoms with Gasteiger partial charge in [0, 0.05) is 41.8 Å². The largest absolute Gasteiger partial charge is 0.383 e. The quantitative estimate of drug-likeness (QED) is 0.370. The second kappa shape index (κ2) is 9.22. The molecule has 0 aliphatic carbocycles. The fourth-order valence-corrected chi connectivity index (χ4v) is 2.42. The van der Waals surface area contributed by atoms with Crippen molar-refractivity contribution in [3.05, 3.63) is 35.0 Å². The molecule has 0 spiro atoms. The highest BCUT2D eigenvalue weighted by molar-refractivity contribution is 14.0.